The van der Waals surface area contributed by atoms with E-state index in [1.807, 2.05) is 0 Å². The van der Waals surface area contributed by atoms with Gasteiger partial charge in [-0.1, -0.05) is 0 Å². The number of hydrogen-bond donors (Lipinski definition) is 1. The molecule has 0 saturated heterocycles. The van der Waals surface area contributed by atoms with Crippen LogP contribution in [0.15, 0.2) is 12.1 Å². The van der Waals surface area contributed by atoms with E-state index in [2.05, 4.69) is 0 Å². The molecule has 0 aliphatic rings. The summed E-state index contributed by atoms with van der Waals surface area (Å²) in [4.78, 5) is 0. The van der Waals surface area contributed by atoms with Crippen LogP contribution >= 0.6 is 12.4 Å². The van der Waals surface area contributed by atoms with Gasteiger partial charge in [0.05, 0.1) is 0 Å². The van der Waals surface area contributed by atoms with E-state index < -0.39 is 0 Å². The Morgan fingerprint density at radius 3 is 2.38 bits per heavy atom. The van der Waals surface area contributed by atoms with Gasteiger partial charge in [0.1, 0.15) is 11.6 Å². The van der Waals surface area contributed by atoms with Gasteiger partial charge in [0.2, 0.25) is 0 Å². The standard InChI is InChI=1S/C9H11F2N.ClH/c1-6-4-9(11)7(2-3-12)5-8(6)10;/h4-5H,2-3,12H2,1H3;1H. The SMILES string of the molecule is Cc1cc(F)c(CCN)cc1F.Cl. The fourth-order valence-corrected chi connectivity index (χ4v) is 1.03. The Hall–Kier alpha value is -0.670. The van der Waals surface area contributed by atoms with Crippen molar-refractivity contribution in [3.63, 3.8) is 0 Å². The molecule has 0 atom stereocenters. The van der Waals surface area contributed by atoms with Crippen molar-refractivity contribution < 1.29 is 8.78 Å². The maximum absolute atomic E-state index is 13.0. The van der Waals surface area contributed by atoms with Crippen molar-refractivity contribution in [1.82, 2.24) is 0 Å². The number of rotatable bonds is 2. The first kappa shape index (κ1) is 12.3. The molecule has 0 unspecified atom stereocenters. The summed E-state index contributed by atoms with van der Waals surface area (Å²) < 4.78 is 25.9. The summed E-state index contributed by atoms with van der Waals surface area (Å²) in [5.74, 6) is -0.751. The van der Waals surface area contributed by atoms with Gasteiger partial charge in [-0.15, -0.1) is 12.4 Å². The zero-order valence-electron chi connectivity index (χ0n) is 7.31. The molecule has 0 fully saturated rings. The van der Waals surface area contributed by atoms with Gasteiger partial charge >= 0.3 is 0 Å². The lowest BCUT2D eigenvalue weighted by Gasteiger charge is -2.03. The molecule has 1 rings (SSSR count). The first-order valence-corrected chi connectivity index (χ1v) is 3.79. The van der Waals surface area contributed by atoms with Crippen LogP contribution in [0.4, 0.5) is 8.78 Å². The van der Waals surface area contributed by atoms with Gasteiger partial charge in [0, 0.05) is 0 Å². The van der Waals surface area contributed by atoms with Crippen molar-refractivity contribution in [2.75, 3.05) is 6.54 Å². The Morgan fingerprint density at radius 2 is 1.85 bits per heavy atom. The summed E-state index contributed by atoms with van der Waals surface area (Å²) in [5, 5.41) is 0. The molecule has 0 amide bonds. The summed E-state index contributed by atoms with van der Waals surface area (Å²) in [6, 6.07) is 2.40. The molecule has 0 saturated carbocycles. The number of halogens is 3. The van der Waals surface area contributed by atoms with E-state index >= 15 is 0 Å². The van der Waals surface area contributed by atoms with Gasteiger partial charge in [0.25, 0.3) is 0 Å². The van der Waals surface area contributed by atoms with Crippen molar-refractivity contribution in [2.24, 2.45) is 5.73 Å². The molecule has 0 heterocycles. The highest BCUT2D eigenvalue weighted by molar-refractivity contribution is 5.85. The average Bonchev–Trinajstić information content (AvgIpc) is 2.01. The van der Waals surface area contributed by atoms with Gasteiger partial charge in [-0.05, 0) is 43.1 Å². The van der Waals surface area contributed by atoms with E-state index in [0.29, 0.717) is 24.1 Å². The topological polar surface area (TPSA) is 26.0 Å². The van der Waals surface area contributed by atoms with Crippen LogP contribution in [0, 0.1) is 18.6 Å². The van der Waals surface area contributed by atoms with Gasteiger partial charge in [-0.25, -0.2) is 8.78 Å². The molecule has 0 bridgehead atoms. The summed E-state index contributed by atoms with van der Waals surface area (Å²) in [5.41, 5.74) is 5.90. The Labute approximate surface area is 82.4 Å². The zero-order valence-corrected chi connectivity index (χ0v) is 8.13. The molecule has 74 valence electrons. The summed E-state index contributed by atoms with van der Waals surface area (Å²) in [7, 11) is 0. The van der Waals surface area contributed by atoms with Crippen molar-refractivity contribution in [3.05, 3.63) is 34.9 Å². The highest BCUT2D eigenvalue weighted by Crippen LogP contribution is 2.13. The van der Waals surface area contributed by atoms with Crippen LogP contribution in [-0.2, 0) is 6.42 Å². The lowest BCUT2D eigenvalue weighted by Crippen LogP contribution is -2.05. The molecule has 0 aliphatic heterocycles. The van der Waals surface area contributed by atoms with Crippen LogP contribution in [0.3, 0.4) is 0 Å². The van der Waals surface area contributed by atoms with E-state index in [1.54, 1.807) is 0 Å². The minimum atomic E-state index is -0.376. The van der Waals surface area contributed by atoms with Crippen LogP contribution in [-0.4, -0.2) is 6.54 Å². The van der Waals surface area contributed by atoms with Gasteiger partial charge in [0.15, 0.2) is 0 Å². The summed E-state index contributed by atoms with van der Waals surface area (Å²) >= 11 is 0. The van der Waals surface area contributed by atoms with Crippen molar-refractivity contribution in [1.29, 1.82) is 0 Å². The Kier molecular flexibility index (Phi) is 4.88. The smallest absolute Gasteiger partial charge is 0.126 e. The Bertz CT molecular complexity index is 289. The van der Waals surface area contributed by atoms with Crippen molar-refractivity contribution in [3.8, 4) is 0 Å². The van der Waals surface area contributed by atoms with Crippen LogP contribution in [0.2, 0.25) is 0 Å². The predicted molar refractivity (Wildman–Crippen MR) is 51.1 cm³/mol. The number of benzene rings is 1. The highest BCUT2D eigenvalue weighted by Gasteiger charge is 2.05. The normalized spacial score (nSPS) is 9.54. The number of hydrogen-bond acceptors (Lipinski definition) is 1. The first-order chi connectivity index (χ1) is 5.65. The highest BCUT2D eigenvalue weighted by atomic mass is 35.5. The number of aryl methyl sites for hydroxylation is 1. The third kappa shape index (κ3) is 2.94. The molecule has 13 heavy (non-hydrogen) atoms. The Morgan fingerprint density at radius 1 is 1.23 bits per heavy atom. The molecular formula is C9H12ClF2N. The molecule has 2 N–H and O–H groups in total. The van der Waals surface area contributed by atoms with Gasteiger partial charge in [-0.3, -0.25) is 0 Å². The molecule has 0 aromatic heterocycles. The molecule has 1 aromatic rings. The van der Waals surface area contributed by atoms with Crippen LogP contribution in [0.1, 0.15) is 11.1 Å². The molecule has 0 radical (unpaired) electrons. The second kappa shape index (κ2) is 5.14. The van der Waals surface area contributed by atoms with E-state index in [4.69, 9.17) is 5.73 Å². The quantitative estimate of drug-likeness (QED) is 0.791. The molecule has 4 heteroatoms. The van der Waals surface area contributed by atoms with Crippen molar-refractivity contribution in [2.45, 2.75) is 13.3 Å². The van der Waals surface area contributed by atoms with Crippen LogP contribution < -0.4 is 5.73 Å². The second-order valence-electron chi connectivity index (χ2n) is 2.73. The predicted octanol–water partition coefficient (Wildman–Crippen LogP) is 2.20. The Balaban J connectivity index is 0.00000144. The fourth-order valence-electron chi connectivity index (χ4n) is 1.03. The molecule has 1 nitrogen and oxygen atoms in total. The lowest BCUT2D eigenvalue weighted by molar-refractivity contribution is 0.578. The van der Waals surface area contributed by atoms with Gasteiger partial charge < -0.3 is 5.73 Å². The fraction of sp³-hybridized carbons (Fsp3) is 0.333. The van der Waals surface area contributed by atoms with Crippen LogP contribution in [0.5, 0.6) is 0 Å². The lowest BCUT2D eigenvalue weighted by atomic mass is 10.1. The maximum Gasteiger partial charge on any atom is 0.126 e. The van der Waals surface area contributed by atoms with E-state index in [1.165, 1.54) is 19.1 Å². The van der Waals surface area contributed by atoms with E-state index in [9.17, 15) is 8.78 Å². The number of nitrogens with two attached hydrogens (primary N) is 1. The van der Waals surface area contributed by atoms with Gasteiger partial charge in [-0.2, -0.15) is 0 Å². The summed E-state index contributed by atoms with van der Waals surface area (Å²) in [6.45, 7) is 1.87. The largest absolute Gasteiger partial charge is 0.330 e. The average molecular weight is 208 g/mol. The molecule has 1 aromatic carbocycles. The second-order valence-corrected chi connectivity index (χ2v) is 2.73. The third-order valence-electron chi connectivity index (χ3n) is 1.74. The minimum Gasteiger partial charge on any atom is -0.330 e. The monoisotopic (exact) mass is 207 g/mol. The van der Waals surface area contributed by atoms with Crippen LogP contribution in [0.25, 0.3) is 0 Å². The third-order valence-corrected chi connectivity index (χ3v) is 1.74. The summed E-state index contributed by atoms with van der Waals surface area (Å²) in [6.07, 6.45) is 0.378. The molecule has 0 aliphatic carbocycles. The van der Waals surface area contributed by atoms with E-state index in [0.717, 1.165) is 0 Å². The van der Waals surface area contributed by atoms with Crippen molar-refractivity contribution >= 4 is 12.4 Å². The zero-order chi connectivity index (χ0) is 9.14. The first-order valence-electron chi connectivity index (χ1n) is 3.79. The maximum atomic E-state index is 13.0. The molecule has 0 spiro atoms. The van der Waals surface area contributed by atoms with E-state index in [-0.39, 0.29) is 24.0 Å². The molecular weight excluding hydrogens is 196 g/mol. The minimum absolute atomic E-state index is 0.